The summed E-state index contributed by atoms with van der Waals surface area (Å²) in [6, 6.07) is 0. The van der Waals surface area contributed by atoms with Crippen molar-refractivity contribution in [3.63, 3.8) is 0 Å². The van der Waals surface area contributed by atoms with Gasteiger partial charge >= 0.3 is 5.97 Å². The minimum atomic E-state index is -0.468. The summed E-state index contributed by atoms with van der Waals surface area (Å²) in [5, 5.41) is 0. The first-order valence-electron chi connectivity index (χ1n) is 5.92. The van der Waals surface area contributed by atoms with Gasteiger partial charge < -0.3 is 14.4 Å². The van der Waals surface area contributed by atoms with Crippen molar-refractivity contribution >= 4 is 11.8 Å². The second-order valence-electron chi connectivity index (χ2n) is 4.20. The van der Waals surface area contributed by atoms with Crippen LogP contribution < -0.4 is 4.90 Å². The molecule has 1 atom stereocenters. The molecule has 0 amide bonds. The van der Waals surface area contributed by atoms with E-state index in [2.05, 4.69) is 19.6 Å². The van der Waals surface area contributed by atoms with Gasteiger partial charge in [-0.3, -0.25) is 4.98 Å². The molecule has 1 aromatic rings. The van der Waals surface area contributed by atoms with E-state index in [0.717, 1.165) is 25.9 Å². The summed E-state index contributed by atoms with van der Waals surface area (Å²) >= 11 is 0. The van der Waals surface area contributed by atoms with Gasteiger partial charge in [0.05, 0.1) is 25.6 Å². The normalized spacial score (nSPS) is 19.7. The van der Waals surface area contributed by atoms with Gasteiger partial charge in [-0.05, 0) is 12.8 Å². The fraction of sp³-hybridized carbons (Fsp3) is 0.583. The molecule has 0 radical (unpaired) electrons. The smallest absolute Gasteiger partial charge is 0.358 e. The summed E-state index contributed by atoms with van der Waals surface area (Å²) in [4.78, 5) is 21.8. The number of carbonyl (C=O) groups excluding carboxylic acids is 1. The average molecular weight is 251 g/mol. The number of hydrogen-bond acceptors (Lipinski definition) is 6. The van der Waals surface area contributed by atoms with Crippen molar-refractivity contribution in [1.82, 2.24) is 9.97 Å². The first kappa shape index (κ1) is 12.8. The lowest BCUT2D eigenvalue weighted by Gasteiger charge is -2.32. The van der Waals surface area contributed by atoms with Gasteiger partial charge in [-0.2, -0.15) is 0 Å². The number of hydrogen-bond donors (Lipinski definition) is 0. The maximum Gasteiger partial charge on any atom is 0.358 e. The number of ether oxygens (including phenoxy) is 2. The number of esters is 1. The Hall–Kier alpha value is -1.69. The zero-order chi connectivity index (χ0) is 13.0. The van der Waals surface area contributed by atoms with Crippen molar-refractivity contribution in [2.75, 3.05) is 32.2 Å². The van der Waals surface area contributed by atoms with E-state index in [1.54, 1.807) is 13.3 Å². The van der Waals surface area contributed by atoms with Crippen LogP contribution in [0.2, 0.25) is 0 Å². The van der Waals surface area contributed by atoms with Crippen LogP contribution in [0.1, 0.15) is 23.3 Å². The van der Waals surface area contributed by atoms with Crippen LogP contribution in [0.3, 0.4) is 0 Å². The Morgan fingerprint density at radius 1 is 1.44 bits per heavy atom. The van der Waals surface area contributed by atoms with E-state index in [1.165, 1.54) is 13.3 Å². The Labute approximate surface area is 106 Å². The predicted molar refractivity (Wildman–Crippen MR) is 65.6 cm³/mol. The summed E-state index contributed by atoms with van der Waals surface area (Å²) in [5.41, 5.74) is 0.231. The van der Waals surface area contributed by atoms with Gasteiger partial charge in [-0.1, -0.05) is 0 Å². The molecule has 1 aliphatic heterocycles. The van der Waals surface area contributed by atoms with Crippen LogP contribution in [-0.4, -0.2) is 49.4 Å². The van der Waals surface area contributed by atoms with Gasteiger partial charge in [0.1, 0.15) is 5.82 Å². The SMILES string of the molecule is COC(=O)c1cncc(N2CCCC(OC)C2)n1. The zero-order valence-electron chi connectivity index (χ0n) is 10.6. The first-order valence-corrected chi connectivity index (χ1v) is 5.92. The molecule has 6 nitrogen and oxygen atoms in total. The Morgan fingerprint density at radius 2 is 2.28 bits per heavy atom. The van der Waals surface area contributed by atoms with Crippen LogP contribution in [0, 0.1) is 0 Å². The number of methoxy groups -OCH3 is 2. The van der Waals surface area contributed by atoms with Crippen LogP contribution in [0.25, 0.3) is 0 Å². The van der Waals surface area contributed by atoms with Crippen molar-refractivity contribution in [2.45, 2.75) is 18.9 Å². The van der Waals surface area contributed by atoms with Gasteiger partial charge in [0.15, 0.2) is 5.69 Å². The van der Waals surface area contributed by atoms with Crippen LogP contribution in [0.5, 0.6) is 0 Å². The third-order valence-electron chi connectivity index (χ3n) is 3.05. The maximum absolute atomic E-state index is 11.4. The van der Waals surface area contributed by atoms with Crippen molar-refractivity contribution in [1.29, 1.82) is 0 Å². The zero-order valence-corrected chi connectivity index (χ0v) is 10.6. The summed E-state index contributed by atoms with van der Waals surface area (Å²) in [7, 11) is 3.04. The Kier molecular flexibility index (Phi) is 4.09. The molecule has 18 heavy (non-hydrogen) atoms. The number of carbonyl (C=O) groups is 1. The predicted octanol–water partition coefficient (Wildman–Crippen LogP) is 0.878. The summed E-state index contributed by atoms with van der Waals surface area (Å²) in [6.45, 7) is 1.68. The molecule has 0 spiro atoms. The molecule has 1 saturated heterocycles. The Balaban J connectivity index is 2.15. The molecular formula is C12H17N3O3. The summed E-state index contributed by atoms with van der Waals surface area (Å²) < 4.78 is 10.00. The van der Waals surface area contributed by atoms with Crippen LogP contribution in [0.15, 0.2) is 12.4 Å². The van der Waals surface area contributed by atoms with Crippen LogP contribution in [-0.2, 0) is 9.47 Å². The van der Waals surface area contributed by atoms with E-state index in [4.69, 9.17) is 4.74 Å². The number of nitrogens with zero attached hydrogens (tertiary/aromatic N) is 3. The molecule has 1 unspecified atom stereocenters. The molecule has 2 heterocycles. The minimum Gasteiger partial charge on any atom is -0.464 e. The van der Waals surface area contributed by atoms with Gasteiger partial charge in [0, 0.05) is 20.2 Å². The lowest BCUT2D eigenvalue weighted by Crippen LogP contribution is -2.39. The quantitative estimate of drug-likeness (QED) is 0.743. The standard InChI is InChI=1S/C12H17N3O3/c1-17-9-4-3-5-15(8-9)11-7-13-6-10(14-11)12(16)18-2/h6-7,9H,3-5,8H2,1-2H3. The highest BCUT2D eigenvalue weighted by atomic mass is 16.5. The number of rotatable bonds is 3. The van der Waals surface area contributed by atoms with Crippen molar-refractivity contribution in [2.24, 2.45) is 0 Å². The lowest BCUT2D eigenvalue weighted by atomic mass is 10.1. The number of aromatic nitrogens is 2. The van der Waals surface area contributed by atoms with Crippen molar-refractivity contribution in [3.05, 3.63) is 18.1 Å². The molecule has 0 saturated carbocycles. The molecule has 1 fully saturated rings. The molecule has 0 aromatic carbocycles. The molecule has 2 rings (SSSR count). The van der Waals surface area contributed by atoms with Gasteiger partial charge in [-0.25, -0.2) is 9.78 Å². The third-order valence-corrected chi connectivity index (χ3v) is 3.05. The molecule has 98 valence electrons. The lowest BCUT2D eigenvalue weighted by molar-refractivity contribution is 0.0593. The fourth-order valence-electron chi connectivity index (χ4n) is 2.05. The van der Waals surface area contributed by atoms with E-state index < -0.39 is 5.97 Å². The Morgan fingerprint density at radius 3 is 3.00 bits per heavy atom. The van der Waals surface area contributed by atoms with Crippen LogP contribution >= 0.6 is 0 Å². The first-order chi connectivity index (χ1) is 8.74. The number of piperidine rings is 1. The fourth-order valence-corrected chi connectivity index (χ4v) is 2.05. The summed E-state index contributed by atoms with van der Waals surface area (Å²) in [5.74, 6) is 0.226. The Bertz CT molecular complexity index is 425. The van der Waals surface area contributed by atoms with Crippen LogP contribution in [0.4, 0.5) is 5.82 Å². The van der Waals surface area contributed by atoms with Crippen molar-refractivity contribution in [3.8, 4) is 0 Å². The molecular weight excluding hydrogens is 234 g/mol. The van der Waals surface area contributed by atoms with E-state index in [0.29, 0.717) is 5.82 Å². The van der Waals surface area contributed by atoms with Gasteiger partial charge in [0.2, 0.25) is 0 Å². The molecule has 1 aliphatic rings. The highest BCUT2D eigenvalue weighted by Crippen LogP contribution is 2.18. The maximum atomic E-state index is 11.4. The molecule has 0 bridgehead atoms. The van der Waals surface area contributed by atoms with E-state index in [9.17, 15) is 4.79 Å². The summed E-state index contributed by atoms with van der Waals surface area (Å²) in [6.07, 6.45) is 5.37. The molecule has 0 N–H and O–H groups in total. The second-order valence-corrected chi connectivity index (χ2v) is 4.20. The van der Waals surface area contributed by atoms with Gasteiger partial charge in [0.25, 0.3) is 0 Å². The minimum absolute atomic E-state index is 0.210. The molecule has 1 aromatic heterocycles. The van der Waals surface area contributed by atoms with E-state index in [1.807, 2.05) is 0 Å². The highest BCUT2D eigenvalue weighted by molar-refractivity contribution is 5.87. The van der Waals surface area contributed by atoms with E-state index in [-0.39, 0.29) is 11.8 Å². The second kappa shape index (κ2) is 5.77. The largest absolute Gasteiger partial charge is 0.464 e. The van der Waals surface area contributed by atoms with Crippen molar-refractivity contribution < 1.29 is 14.3 Å². The topological polar surface area (TPSA) is 64.5 Å². The monoisotopic (exact) mass is 251 g/mol. The third kappa shape index (κ3) is 2.76. The van der Waals surface area contributed by atoms with Gasteiger partial charge in [-0.15, -0.1) is 0 Å². The molecule has 0 aliphatic carbocycles. The van der Waals surface area contributed by atoms with E-state index >= 15 is 0 Å². The molecule has 6 heteroatoms. The number of anilines is 1. The average Bonchev–Trinajstić information content (AvgIpc) is 2.46. The highest BCUT2D eigenvalue weighted by Gasteiger charge is 2.21.